The van der Waals surface area contributed by atoms with Gasteiger partial charge in [0.05, 0.1) is 17.3 Å². The van der Waals surface area contributed by atoms with E-state index in [-0.39, 0.29) is 5.52 Å². The van der Waals surface area contributed by atoms with E-state index in [1.54, 1.807) is 12.3 Å². The summed E-state index contributed by atoms with van der Waals surface area (Å²) in [6.07, 6.45) is 2.26. The van der Waals surface area contributed by atoms with Crippen LogP contribution >= 0.6 is 0 Å². The molecule has 2 aromatic heterocycles. The summed E-state index contributed by atoms with van der Waals surface area (Å²) in [4.78, 5) is 7.05. The second-order valence-corrected chi connectivity index (χ2v) is 3.98. The van der Waals surface area contributed by atoms with Crippen LogP contribution in [-0.4, -0.2) is 9.97 Å². The molecule has 0 saturated carbocycles. The predicted molar refractivity (Wildman–Crippen MR) is 63.1 cm³/mol. The summed E-state index contributed by atoms with van der Waals surface area (Å²) in [5.41, 5.74) is 1.24. The molecule has 0 radical (unpaired) electrons. The molecule has 1 N–H and O–H groups in total. The van der Waals surface area contributed by atoms with Gasteiger partial charge < -0.3 is 9.40 Å². The van der Waals surface area contributed by atoms with E-state index < -0.39 is 11.6 Å². The molecule has 1 aromatic carbocycles. The van der Waals surface area contributed by atoms with Gasteiger partial charge in [0.15, 0.2) is 5.82 Å². The minimum atomic E-state index is -0.672. The third-order valence-corrected chi connectivity index (χ3v) is 2.83. The molecule has 0 amide bonds. The molecule has 0 saturated heterocycles. The van der Waals surface area contributed by atoms with Gasteiger partial charge in [-0.2, -0.15) is 0 Å². The minimum Gasteiger partial charge on any atom is -0.469 e. The van der Waals surface area contributed by atoms with E-state index in [1.807, 2.05) is 6.92 Å². The van der Waals surface area contributed by atoms with Crippen LogP contribution in [-0.2, 0) is 6.42 Å². The lowest BCUT2D eigenvalue weighted by Crippen LogP contribution is -1.83. The fourth-order valence-electron chi connectivity index (χ4n) is 2.00. The standard InChI is InChI=1S/C13H10F2N2O/c1-2-11-8(3-4-18-11)13-16-10-6-7(14)5-9(15)12(10)17-13/h3-6H,2H2,1H3,(H,16,17). The lowest BCUT2D eigenvalue weighted by atomic mass is 10.2. The minimum absolute atomic E-state index is 0.134. The first kappa shape index (κ1) is 11.0. The van der Waals surface area contributed by atoms with E-state index in [0.29, 0.717) is 17.8 Å². The van der Waals surface area contributed by atoms with Gasteiger partial charge in [-0.05, 0) is 12.1 Å². The Kier molecular flexibility index (Phi) is 2.40. The van der Waals surface area contributed by atoms with Crippen molar-refractivity contribution in [1.82, 2.24) is 9.97 Å². The second kappa shape index (κ2) is 3.94. The van der Waals surface area contributed by atoms with E-state index in [9.17, 15) is 8.78 Å². The zero-order valence-corrected chi connectivity index (χ0v) is 9.63. The van der Waals surface area contributed by atoms with E-state index in [0.717, 1.165) is 17.4 Å². The quantitative estimate of drug-likeness (QED) is 0.751. The molecule has 0 aliphatic heterocycles. The molecule has 0 fully saturated rings. The number of H-pyrrole nitrogens is 1. The summed E-state index contributed by atoms with van der Waals surface area (Å²) in [5, 5.41) is 0. The first-order chi connectivity index (χ1) is 8.69. The fraction of sp³-hybridized carbons (Fsp3) is 0.154. The molecule has 0 bridgehead atoms. The van der Waals surface area contributed by atoms with Gasteiger partial charge in [0.1, 0.15) is 22.9 Å². The van der Waals surface area contributed by atoms with Crippen molar-refractivity contribution >= 4 is 11.0 Å². The maximum absolute atomic E-state index is 13.5. The average molecular weight is 248 g/mol. The van der Waals surface area contributed by atoms with Gasteiger partial charge in [-0.3, -0.25) is 0 Å². The topological polar surface area (TPSA) is 41.8 Å². The number of imidazole rings is 1. The van der Waals surface area contributed by atoms with Crippen LogP contribution in [0.15, 0.2) is 28.9 Å². The van der Waals surface area contributed by atoms with Crippen molar-refractivity contribution in [2.45, 2.75) is 13.3 Å². The van der Waals surface area contributed by atoms with Crippen molar-refractivity contribution in [3.8, 4) is 11.4 Å². The number of hydrogen-bond acceptors (Lipinski definition) is 2. The third kappa shape index (κ3) is 1.59. The van der Waals surface area contributed by atoms with Gasteiger partial charge in [0, 0.05) is 12.5 Å². The van der Waals surface area contributed by atoms with E-state index in [4.69, 9.17) is 4.42 Å². The Labute approximate surface area is 101 Å². The van der Waals surface area contributed by atoms with Gasteiger partial charge in [-0.25, -0.2) is 13.8 Å². The molecule has 18 heavy (non-hydrogen) atoms. The number of aryl methyl sites for hydroxylation is 1. The summed E-state index contributed by atoms with van der Waals surface area (Å²) in [6, 6.07) is 3.80. The van der Waals surface area contributed by atoms with Gasteiger partial charge in [-0.15, -0.1) is 0 Å². The van der Waals surface area contributed by atoms with Crippen LogP contribution < -0.4 is 0 Å². The van der Waals surface area contributed by atoms with Crippen molar-refractivity contribution in [3.05, 3.63) is 41.9 Å². The Morgan fingerprint density at radius 1 is 1.33 bits per heavy atom. The molecule has 92 valence electrons. The highest BCUT2D eigenvalue weighted by Gasteiger charge is 2.14. The summed E-state index contributed by atoms with van der Waals surface area (Å²) < 4.78 is 31.9. The Balaban J connectivity index is 2.22. The highest BCUT2D eigenvalue weighted by atomic mass is 19.1. The molecule has 3 aromatic rings. The molecular weight excluding hydrogens is 238 g/mol. The number of halogens is 2. The predicted octanol–water partition coefficient (Wildman–Crippen LogP) is 3.66. The molecule has 3 nitrogen and oxygen atoms in total. The van der Waals surface area contributed by atoms with Crippen molar-refractivity contribution in [3.63, 3.8) is 0 Å². The number of rotatable bonds is 2. The second-order valence-electron chi connectivity index (χ2n) is 3.98. The number of hydrogen-bond donors (Lipinski definition) is 1. The number of nitrogens with one attached hydrogen (secondary N) is 1. The van der Waals surface area contributed by atoms with Crippen LogP contribution in [0.4, 0.5) is 8.78 Å². The Morgan fingerprint density at radius 3 is 2.94 bits per heavy atom. The van der Waals surface area contributed by atoms with Crippen LogP contribution in [0.2, 0.25) is 0 Å². The van der Waals surface area contributed by atoms with Crippen molar-refractivity contribution < 1.29 is 13.2 Å². The lowest BCUT2D eigenvalue weighted by molar-refractivity contribution is 0.517. The summed E-state index contributed by atoms with van der Waals surface area (Å²) >= 11 is 0. The van der Waals surface area contributed by atoms with Crippen LogP contribution in [0, 0.1) is 11.6 Å². The van der Waals surface area contributed by atoms with Gasteiger partial charge in [0.2, 0.25) is 0 Å². The van der Waals surface area contributed by atoms with E-state index in [2.05, 4.69) is 9.97 Å². The fourth-order valence-corrected chi connectivity index (χ4v) is 2.00. The number of aromatic nitrogens is 2. The monoisotopic (exact) mass is 248 g/mol. The number of aromatic amines is 1. The van der Waals surface area contributed by atoms with Crippen LogP contribution in [0.1, 0.15) is 12.7 Å². The molecule has 2 heterocycles. The summed E-state index contributed by atoms with van der Waals surface area (Å²) in [7, 11) is 0. The largest absolute Gasteiger partial charge is 0.469 e. The number of benzene rings is 1. The summed E-state index contributed by atoms with van der Waals surface area (Å²) in [6.45, 7) is 1.95. The number of fused-ring (bicyclic) bond motifs is 1. The SMILES string of the molecule is CCc1occc1-c1nc2c(F)cc(F)cc2[nH]1. The van der Waals surface area contributed by atoms with Crippen molar-refractivity contribution in [2.24, 2.45) is 0 Å². The molecule has 3 rings (SSSR count). The van der Waals surface area contributed by atoms with E-state index in [1.165, 1.54) is 6.07 Å². The van der Waals surface area contributed by atoms with Crippen molar-refractivity contribution in [2.75, 3.05) is 0 Å². The van der Waals surface area contributed by atoms with E-state index >= 15 is 0 Å². The van der Waals surface area contributed by atoms with Crippen LogP contribution in [0.3, 0.4) is 0 Å². The third-order valence-electron chi connectivity index (χ3n) is 2.83. The normalized spacial score (nSPS) is 11.3. The molecule has 0 spiro atoms. The van der Waals surface area contributed by atoms with Crippen molar-refractivity contribution in [1.29, 1.82) is 0 Å². The van der Waals surface area contributed by atoms with Gasteiger partial charge in [-0.1, -0.05) is 6.92 Å². The summed E-state index contributed by atoms with van der Waals surface area (Å²) in [5.74, 6) is -0.0535. The Hall–Kier alpha value is -2.17. The zero-order valence-electron chi connectivity index (χ0n) is 9.63. The van der Waals surface area contributed by atoms with Gasteiger partial charge >= 0.3 is 0 Å². The molecule has 0 unspecified atom stereocenters. The smallest absolute Gasteiger partial charge is 0.153 e. The molecule has 0 atom stereocenters. The maximum atomic E-state index is 13.5. The first-order valence-electron chi connectivity index (χ1n) is 5.60. The first-order valence-corrected chi connectivity index (χ1v) is 5.60. The highest BCUT2D eigenvalue weighted by Crippen LogP contribution is 2.26. The van der Waals surface area contributed by atoms with Gasteiger partial charge in [0.25, 0.3) is 0 Å². The molecular formula is C13H10F2N2O. The maximum Gasteiger partial charge on any atom is 0.153 e. The molecule has 0 aliphatic carbocycles. The lowest BCUT2D eigenvalue weighted by Gasteiger charge is -1.94. The Morgan fingerprint density at radius 2 is 2.17 bits per heavy atom. The average Bonchev–Trinajstić information content (AvgIpc) is 2.92. The van der Waals surface area contributed by atoms with Crippen LogP contribution in [0.5, 0.6) is 0 Å². The molecule has 0 aliphatic rings. The number of furan rings is 1. The number of nitrogens with zero attached hydrogens (tertiary/aromatic N) is 1. The Bertz CT molecular complexity index is 715. The van der Waals surface area contributed by atoms with Crippen LogP contribution in [0.25, 0.3) is 22.4 Å². The zero-order chi connectivity index (χ0) is 12.7. The molecule has 5 heteroatoms. The highest BCUT2D eigenvalue weighted by molar-refractivity contribution is 5.80.